The number of hydrogen-bond donors (Lipinski definition) is 2. The normalized spacial score (nSPS) is 29.4. The number of amides is 1. The molecule has 0 aliphatic heterocycles. The van der Waals surface area contributed by atoms with Crippen LogP contribution >= 0.6 is 0 Å². The smallest absolute Gasteiger partial charge is 0.247 e. The molecule has 3 nitrogen and oxygen atoms in total. The van der Waals surface area contributed by atoms with Crippen LogP contribution in [-0.2, 0) is 4.79 Å². The Morgan fingerprint density at radius 3 is 2.33 bits per heavy atom. The van der Waals surface area contributed by atoms with Gasteiger partial charge in [0.15, 0.2) is 0 Å². The fraction of sp³-hybridized carbons (Fsp3) is 0.833. The van der Waals surface area contributed by atoms with Gasteiger partial charge in [-0.3, -0.25) is 10.0 Å². The fourth-order valence-electron chi connectivity index (χ4n) is 0.993. The third kappa shape index (κ3) is 1.05. The van der Waals surface area contributed by atoms with Gasteiger partial charge in [0.05, 0.1) is 0 Å². The SMILES string of the molecule is CC1(C)C[C@H]1C(=O)NO. The summed E-state index contributed by atoms with van der Waals surface area (Å²) in [4.78, 5) is 10.6. The molecule has 0 spiro atoms. The maximum atomic E-state index is 10.6. The topological polar surface area (TPSA) is 49.3 Å². The molecule has 1 amide bonds. The van der Waals surface area contributed by atoms with Crippen LogP contribution < -0.4 is 5.48 Å². The van der Waals surface area contributed by atoms with E-state index in [0.29, 0.717) is 0 Å². The van der Waals surface area contributed by atoms with E-state index in [2.05, 4.69) is 0 Å². The molecule has 3 heteroatoms. The summed E-state index contributed by atoms with van der Waals surface area (Å²) in [5, 5.41) is 8.18. The minimum absolute atomic E-state index is 0.0301. The Morgan fingerprint density at radius 2 is 2.22 bits per heavy atom. The quantitative estimate of drug-likeness (QED) is 0.401. The second-order valence-electron chi connectivity index (χ2n) is 3.22. The van der Waals surface area contributed by atoms with E-state index in [9.17, 15) is 4.79 Å². The largest absolute Gasteiger partial charge is 0.289 e. The zero-order chi connectivity index (χ0) is 7.07. The van der Waals surface area contributed by atoms with Gasteiger partial charge in [0.2, 0.25) is 5.91 Å². The van der Waals surface area contributed by atoms with Crippen molar-refractivity contribution < 1.29 is 10.0 Å². The summed E-state index contributed by atoms with van der Waals surface area (Å²) in [6.45, 7) is 4.01. The van der Waals surface area contributed by atoms with Crippen LogP contribution in [0.2, 0.25) is 0 Å². The second kappa shape index (κ2) is 1.70. The maximum Gasteiger partial charge on any atom is 0.247 e. The first-order chi connectivity index (χ1) is 4.08. The number of rotatable bonds is 1. The Bertz CT molecular complexity index is 142. The molecule has 0 radical (unpaired) electrons. The van der Waals surface area contributed by atoms with Crippen molar-refractivity contribution in [3.63, 3.8) is 0 Å². The Morgan fingerprint density at radius 1 is 1.78 bits per heavy atom. The summed E-state index contributed by atoms with van der Waals surface area (Å²) in [7, 11) is 0. The lowest BCUT2D eigenvalue weighted by Crippen LogP contribution is -2.22. The minimum atomic E-state index is -0.250. The van der Waals surface area contributed by atoms with Crippen LogP contribution in [0, 0.1) is 11.3 Å². The predicted molar refractivity (Wildman–Crippen MR) is 31.8 cm³/mol. The van der Waals surface area contributed by atoms with E-state index in [1.807, 2.05) is 13.8 Å². The molecule has 52 valence electrons. The summed E-state index contributed by atoms with van der Waals surface area (Å²) < 4.78 is 0. The molecule has 0 bridgehead atoms. The second-order valence-corrected chi connectivity index (χ2v) is 3.22. The molecule has 0 heterocycles. The lowest BCUT2D eigenvalue weighted by molar-refractivity contribution is -0.131. The maximum absolute atomic E-state index is 10.6. The number of hydrogen-bond acceptors (Lipinski definition) is 2. The van der Waals surface area contributed by atoms with Gasteiger partial charge in [-0.15, -0.1) is 0 Å². The van der Waals surface area contributed by atoms with Gasteiger partial charge in [-0.1, -0.05) is 13.8 Å². The van der Waals surface area contributed by atoms with Crippen LogP contribution in [0.25, 0.3) is 0 Å². The lowest BCUT2D eigenvalue weighted by Gasteiger charge is -1.98. The highest BCUT2D eigenvalue weighted by atomic mass is 16.5. The highest BCUT2D eigenvalue weighted by Gasteiger charge is 2.50. The van der Waals surface area contributed by atoms with E-state index >= 15 is 0 Å². The highest BCUT2D eigenvalue weighted by Crippen LogP contribution is 2.51. The van der Waals surface area contributed by atoms with Gasteiger partial charge in [-0.25, -0.2) is 5.48 Å². The lowest BCUT2D eigenvalue weighted by atomic mass is 10.1. The standard InChI is InChI=1S/C6H11NO2/c1-6(2)3-4(6)5(8)7-9/h4,9H,3H2,1-2H3,(H,7,8)/t4-/m0/s1. The number of carbonyl (C=O) groups is 1. The summed E-state index contributed by atoms with van der Waals surface area (Å²) >= 11 is 0. The first-order valence-corrected chi connectivity index (χ1v) is 3.02. The van der Waals surface area contributed by atoms with Crippen molar-refractivity contribution in [2.24, 2.45) is 11.3 Å². The molecule has 1 fully saturated rings. The molecule has 1 aliphatic carbocycles. The van der Waals surface area contributed by atoms with Crippen LogP contribution in [0.15, 0.2) is 0 Å². The van der Waals surface area contributed by atoms with Crippen LogP contribution in [-0.4, -0.2) is 11.1 Å². The molecular weight excluding hydrogens is 118 g/mol. The molecule has 1 saturated carbocycles. The zero-order valence-electron chi connectivity index (χ0n) is 5.64. The first kappa shape index (κ1) is 6.55. The van der Waals surface area contributed by atoms with Gasteiger partial charge in [0, 0.05) is 5.92 Å². The van der Waals surface area contributed by atoms with Gasteiger partial charge in [-0.05, 0) is 11.8 Å². The molecule has 0 unspecified atom stereocenters. The van der Waals surface area contributed by atoms with Gasteiger partial charge >= 0.3 is 0 Å². The molecule has 2 N–H and O–H groups in total. The average Bonchev–Trinajstić information content (AvgIpc) is 2.38. The summed E-state index contributed by atoms with van der Waals surface area (Å²) in [5.41, 5.74) is 1.76. The molecule has 0 saturated heterocycles. The van der Waals surface area contributed by atoms with Crippen LogP contribution in [0.1, 0.15) is 20.3 Å². The third-order valence-electron chi connectivity index (χ3n) is 1.94. The van der Waals surface area contributed by atoms with E-state index in [0.717, 1.165) is 6.42 Å². The highest BCUT2D eigenvalue weighted by molar-refractivity contribution is 5.81. The van der Waals surface area contributed by atoms with Crippen molar-refractivity contribution in [1.29, 1.82) is 0 Å². The van der Waals surface area contributed by atoms with Crippen molar-refractivity contribution in [3.05, 3.63) is 0 Å². The van der Waals surface area contributed by atoms with Crippen LogP contribution in [0.3, 0.4) is 0 Å². The molecular formula is C6H11NO2. The van der Waals surface area contributed by atoms with Crippen molar-refractivity contribution in [3.8, 4) is 0 Å². The fourth-order valence-corrected chi connectivity index (χ4v) is 0.993. The molecule has 1 aliphatic rings. The number of hydroxylamine groups is 1. The van der Waals surface area contributed by atoms with E-state index in [1.165, 1.54) is 0 Å². The van der Waals surface area contributed by atoms with Crippen LogP contribution in [0.5, 0.6) is 0 Å². The Hall–Kier alpha value is -0.570. The van der Waals surface area contributed by atoms with Crippen molar-refractivity contribution >= 4 is 5.91 Å². The monoisotopic (exact) mass is 129 g/mol. The van der Waals surface area contributed by atoms with Crippen molar-refractivity contribution in [1.82, 2.24) is 5.48 Å². The predicted octanol–water partition coefficient (Wildman–Crippen LogP) is 0.538. The van der Waals surface area contributed by atoms with E-state index in [-0.39, 0.29) is 17.2 Å². The molecule has 0 aromatic carbocycles. The van der Waals surface area contributed by atoms with Gasteiger partial charge < -0.3 is 0 Å². The van der Waals surface area contributed by atoms with E-state index < -0.39 is 0 Å². The summed E-state index contributed by atoms with van der Waals surface area (Å²) in [6.07, 6.45) is 0.888. The average molecular weight is 129 g/mol. The number of nitrogens with one attached hydrogen (secondary N) is 1. The van der Waals surface area contributed by atoms with E-state index in [4.69, 9.17) is 5.21 Å². The van der Waals surface area contributed by atoms with Gasteiger partial charge in [0.1, 0.15) is 0 Å². The molecule has 9 heavy (non-hydrogen) atoms. The van der Waals surface area contributed by atoms with Crippen LogP contribution in [0.4, 0.5) is 0 Å². The van der Waals surface area contributed by atoms with Gasteiger partial charge in [0.25, 0.3) is 0 Å². The van der Waals surface area contributed by atoms with Gasteiger partial charge in [-0.2, -0.15) is 0 Å². The molecule has 0 aromatic heterocycles. The molecule has 1 atom stereocenters. The minimum Gasteiger partial charge on any atom is -0.289 e. The van der Waals surface area contributed by atoms with E-state index in [1.54, 1.807) is 5.48 Å². The molecule has 1 rings (SSSR count). The van der Waals surface area contributed by atoms with Crippen molar-refractivity contribution in [2.75, 3.05) is 0 Å². The zero-order valence-corrected chi connectivity index (χ0v) is 5.64. The summed E-state index contributed by atoms with van der Waals surface area (Å²) in [5.74, 6) is -0.220. The Labute approximate surface area is 54.0 Å². The van der Waals surface area contributed by atoms with Crippen molar-refractivity contribution in [2.45, 2.75) is 20.3 Å². The Kier molecular flexibility index (Phi) is 1.24. The Balaban J connectivity index is 2.42. The third-order valence-corrected chi connectivity index (χ3v) is 1.94. The number of carbonyl (C=O) groups excluding carboxylic acids is 1. The summed E-state index contributed by atoms with van der Waals surface area (Å²) in [6, 6.07) is 0. The first-order valence-electron chi connectivity index (χ1n) is 3.02. The molecule has 0 aromatic rings.